The Kier molecular flexibility index (Phi) is 4.28. The summed E-state index contributed by atoms with van der Waals surface area (Å²) in [6.07, 6.45) is 0. The zero-order chi connectivity index (χ0) is 9.72. The summed E-state index contributed by atoms with van der Waals surface area (Å²) < 4.78 is 20.6. The summed E-state index contributed by atoms with van der Waals surface area (Å²) in [4.78, 5) is 20.9. The predicted octanol–water partition coefficient (Wildman–Crippen LogP) is 0.752. The van der Waals surface area contributed by atoms with Gasteiger partial charge in [0.25, 0.3) is 0 Å². The molecule has 0 aliphatic rings. The molecule has 0 bridgehead atoms. The molecule has 6 heteroatoms. The topological polar surface area (TPSA) is 52.6 Å². The Bertz CT molecular complexity index is 212. The second-order valence-corrected chi connectivity index (χ2v) is 1.99. The van der Waals surface area contributed by atoms with Crippen LogP contribution in [0.1, 0.15) is 0 Å². The van der Waals surface area contributed by atoms with Gasteiger partial charge in [0.15, 0.2) is 5.03 Å². The molecule has 0 N–H and O–H groups in total. The molecule has 0 aromatic carbocycles. The van der Waals surface area contributed by atoms with Gasteiger partial charge >= 0.3 is 11.9 Å². The molecule has 0 aromatic heterocycles. The first-order chi connectivity index (χ1) is 5.54. The number of methoxy groups -OCH3 is 2. The highest BCUT2D eigenvalue weighted by molar-refractivity contribution is 6.42. The van der Waals surface area contributed by atoms with Crippen LogP contribution in [0.3, 0.4) is 0 Å². The maximum atomic E-state index is 12.6. The first-order valence-corrected chi connectivity index (χ1v) is 3.14. The Morgan fingerprint density at radius 3 is 1.92 bits per heavy atom. The molecule has 0 saturated heterocycles. The van der Waals surface area contributed by atoms with Gasteiger partial charge in [0.2, 0.25) is 5.83 Å². The second kappa shape index (κ2) is 4.71. The van der Waals surface area contributed by atoms with Gasteiger partial charge in [-0.2, -0.15) is 4.39 Å². The van der Waals surface area contributed by atoms with Crippen molar-refractivity contribution < 1.29 is 23.5 Å². The van der Waals surface area contributed by atoms with Crippen LogP contribution in [0.15, 0.2) is 10.9 Å². The molecule has 0 radical (unpaired) electrons. The molecule has 0 aliphatic heterocycles. The number of hydrogen-bond acceptors (Lipinski definition) is 4. The highest BCUT2D eigenvalue weighted by Crippen LogP contribution is 2.13. The van der Waals surface area contributed by atoms with E-state index in [2.05, 4.69) is 9.47 Å². The number of halogens is 2. The Morgan fingerprint density at radius 1 is 1.17 bits per heavy atom. The summed E-state index contributed by atoms with van der Waals surface area (Å²) >= 11 is 5.08. The van der Waals surface area contributed by atoms with E-state index < -0.39 is 22.8 Å². The Morgan fingerprint density at radius 2 is 1.58 bits per heavy atom. The molecule has 0 saturated carbocycles. The lowest BCUT2D eigenvalue weighted by Crippen LogP contribution is -2.08. The van der Waals surface area contributed by atoms with E-state index in [9.17, 15) is 14.0 Å². The molecule has 12 heavy (non-hydrogen) atoms. The van der Waals surface area contributed by atoms with E-state index in [0.29, 0.717) is 0 Å². The van der Waals surface area contributed by atoms with Crippen LogP contribution in [-0.2, 0) is 19.1 Å². The van der Waals surface area contributed by atoms with Crippen LogP contribution in [0.2, 0.25) is 0 Å². The SMILES string of the molecule is COC(=O)/C(F)=C(\Cl)C(=O)OC. The summed E-state index contributed by atoms with van der Waals surface area (Å²) in [5.41, 5.74) is 0. The number of carbonyl (C=O) groups excluding carboxylic acids is 2. The quantitative estimate of drug-likeness (QED) is 0.483. The number of ether oxygens (including phenoxy) is 2. The van der Waals surface area contributed by atoms with E-state index >= 15 is 0 Å². The highest BCUT2D eigenvalue weighted by Gasteiger charge is 2.20. The lowest BCUT2D eigenvalue weighted by molar-refractivity contribution is -0.140. The average molecular weight is 197 g/mol. The summed E-state index contributed by atoms with van der Waals surface area (Å²) in [6, 6.07) is 0. The van der Waals surface area contributed by atoms with Crippen molar-refractivity contribution in [2.24, 2.45) is 0 Å². The summed E-state index contributed by atoms with van der Waals surface area (Å²) in [6.45, 7) is 0. The van der Waals surface area contributed by atoms with Crippen molar-refractivity contribution in [3.63, 3.8) is 0 Å². The number of esters is 2. The van der Waals surface area contributed by atoms with Gasteiger partial charge in [0.1, 0.15) is 0 Å². The van der Waals surface area contributed by atoms with Crippen LogP contribution in [-0.4, -0.2) is 26.2 Å². The van der Waals surface area contributed by atoms with Crippen LogP contribution in [0.4, 0.5) is 4.39 Å². The van der Waals surface area contributed by atoms with Crippen molar-refractivity contribution in [2.75, 3.05) is 14.2 Å². The van der Waals surface area contributed by atoms with Crippen LogP contribution >= 0.6 is 11.6 Å². The molecule has 0 atom stereocenters. The number of hydrogen-bond donors (Lipinski definition) is 0. The van der Waals surface area contributed by atoms with Gasteiger partial charge < -0.3 is 9.47 Å². The Hall–Kier alpha value is -1.10. The minimum Gasteiger partial charge on any atom is -0.465 e. The molecule has 0 rings (SSSR count). The Labute approximate surface area is 72.9 Å². The molecule has 0 aliphatic carbocycles. The fraction of sp³-hybridized carbons (Fsp3) is 0.333. The minimum absolute atomic E-state index is 0.927. The number of carbonyl (C=O) groups is 2. The number of rotatable bonds is 2. The van der Waals surface area contributed by atoms with Crippen LogP contribution < -0.4 is 0 Å². The Balaban J connectivity index is 4.68. The van der Waals surface area contributed by atoms with Gasteiger partial charge in [-0.05, 0) is 0 Å². The molecule has 0 amide bonds. The third-order valence-corrected chi connectivity index (χ3v) is 1.24. The first kappa shape index (κ1) is 10.9. The molecule has 0 heterocycles. The smallest absolute Gasteiger partial charge is 0.368 e. The van der Waals surface area contributed by atoms with Crippen LogP contribution in [0, 0.1) is 0 Å². The second-order valence-electron chi connectivity index (χ2n) is 1.61. The van der Waals surface area contributed by atoms with Gasteiger partial charge in [-0.3, -0.25) is 0 Å². The van der Waals surface area contributed by atoms with Crippen molar-refractivity contribution >= 4 is 23.5 Å². The fourth-order valence-corrected chi connectivity index (χ4v) is 0.513. The third kappa shape index (κ3) is 2.50. The minimum atomic E-state index is -1.47. The molecule has 0 aromatic rings. The zero-order valence-electron chi connectivity index (χ0n) is 6.39. The van der Waals surface area contributed by atoms with Gasteiger partial charge in [-0.1, -0.05) is 11.6 Å². The maximum absolute atomic E-state index is 12.6. The van der Waals surface area contributed by atoms with Crippen LogP contribution in [0.5, 0.6) is 0 Å². The highest BCUT2D eigenvalue weighted by atomic mass is 35.5. The molecule has 0 fully saturated rings. The van der Waals surface area contributed by atoms with E-state index in [0.717, 1.165) is 14.2 Å². The molecule has 68 valence electrons. The summed E-state index contributed by atoms with van der Waals surface area (Å²) in [5.74, 6) is -3.91. The van der Waals surface area contributed by atoms with Crippen molar-refractivity contribution in [3.8, 4) is 0 Å². The van der Waals surface area contributed by atoms with E-state index in [1.54, 1.807) is 0 Å². The molecule has 0 unspecified atom stereocenters. The average Bonchev–Trinajstić information content (AvgIpc) is 2.12. The summed E-state index contributed by atoms with van der Waals surface area (Å²) in [7, 11) is 1.97. The fourth-order valence-electron chi connectivity index (χ4n) is 0.358. The largest absolute Gasteiger partial charge is 0.465 e. The first-order valence-electron chi connectivity index (χ1n) is 2.76. The van der Waals surface area contributed by atoms with E-state index in [-0.39, 0.29) is 0 Å². The third-order valence-electron chi connectivity index (χ3n) is 0.922. The monoisotopic (exact) mass is 196 g/mol. The van der Waals surface area contributed by atoms with Crippen molar-refractivity contribution in [3.05, 3.63) is 10.9 Å². The van der Waals surface area contributed by atoms with Gasteiger partial charge in [0, 0.05) is 0 Å². The summed E-state index contributed by atoms with van der Waals surface area (Å²) in [5, 5.41) is -0.927. The van der Waals surface area contributed by atoms with Crippen molar-refractivity contribution in [1.29, 1.82) is 0 Å². The molecular formula is C6H6ClFO4. The molecule has 4 nitrogen and oxygen atoms in total. The zero-order valence-corrected chi connectivity index (χ0v) is 7.14. The lowest BCUT2D eigenvalue weighted by atomic mass is 10.4. The van der Waals surface area contributed by atoms with Gasteiger partial charge in [0.05, 0.1) is 14.2 Å². The van der Waals surface area contributed by atoms with E-state index in [1.807, 2.05) is 0 Å². The van der Waals surface area contributed by atoms with Gasteiger partial charge in [-0.15, -0.1) is 0 Å². The van der Waals surface area contributed by atoms with Crippen molar-refractivity contribution in [1.82, 2.24) is 0 Å². The standard InChI is InChI=1S/C6H6ClFO4/c1-11-5(9)3(7)4(8)6(10)12-2/h1-2H3/b4-3+. The molecule has 0 spiro atoms. The van der Waals surface area contributed by atoms with Crippen LogP contribution in [0.25, 0.3) is 0 Å². The van der Waals surface area contributed by atoms with Gasteiger partial charge in [-0.25, -0.2) is 9.59 Å². The normalized spacial score (nSPS) is 11.7. The maximum Gasteiger partial charge on any atom is 0.368 e. The van der Waals surface area contributed by atoms with E-state index in [1.165, 1.54) is 0 Å². The van der Waals surface area contributed by atoms with E-state index in [4.69, 9.17) is 11.6 Å². The van der Waals surface area contributed by atoms with Crippen molar-refractivity contribution in [2.45, 2.75) is 0 Å². The predicted molar refractivity (Wildman–Crippen MR) is 38.0 cm³/mol. The molecular weight excluding hydrogens is 191 g/mol. The lowest BCUT2D eigenvalue weighted by Gasteiger charge is -1.98.